The van der Waals surface area contributed by atoms with Gasteiger partial charge in [0.2, 0.25) is 0 Å². The van der Waals surface area contributed by atoms with Crippen LogP contribution in [-0.2, 0) is 10.3 Å². The van der Waals surface area contributed by atoms with Crippen molar-refractivity contribution in [2.45, 2.75) is 12.5 Å². The average Bonchev–Trinajstić information content (AvgIpc) is 2.73. The summed E-state index contributed by atoms with van der Waals surface area (Å²) in [7, 11) is 0. The molecule has 0 saturated carbocycles. The molecule has 2 heterocycles. The maximum atomic E-state index is 14.0. The van der Waals surface area contributed by atoms with Crippen molar-refractivity contribution >= 4 is 17.6 Å². The van der Waals surface area contributed by atoms with Crippen LogP contribution in [0.4, 0.5) is 19.3 Å². The highest BCUT2D eigenvalue weighted by Gasteiger charge is 2.51. The summed E-state index contributed by atoms with van der Waals surface area (Å²) in [5.41, 5.74) is -1.59. The minimum atomic E-state index is -1.67. The predicted molar refractivity (Wildman–Crippen MR) is 74.0 cm³/mol. The van der Waals surface area contributed by atoms with E-state index >= 15 is 0 Å². The van der Waals surface area contributed by atoms with Crippen LogP contribution in [-0.4, -0.2) is 16.9 Å². The van der Waals surface area contributed by atoms with E-state index in [2.05, 4.69) is 10.3 Å². The third kappa shape index (κ3) is 2.02. The number of benzene rings is 1. The summed E-state index contributed by atoms with van der Waals surface area (Å²) >= 11 is 0. The van der Waals surface area contributed by atoms with Gasteiger partial charge >= 0.3 is 6.03 Å². The van der Waals surface area contributed by atoms with Gasteiger partial charge in [-0.15, -0.1) is 0 Å². The monoisotopic (exact) mass is 303 g/mol. The van der Waals surface area contributed by atoms with Crippen molar-refractivity contribution in [3.8, 4) is 0 Å². The van der Waals surface area contributed by atoms with Crippen molar-refractivity contribution in [2.24, 2.45) is 0 Å². The fourth-order valence-electron chi connectivity index (χ4n) is 2.43. The summed E-state index contributed by atoms with van der Waals surface area (Å²) in [5.74, 6) is -2.15. The summed E-state index contributed by atoms with van der Waals surface area (Å²) < 4.78 is 27.4. The van der Waals surface area contributed by atoms with Crippen molar-refractivity contribution in [1.82, 2.24) is 10.3 Å². The Balaban J connectivity index is 2.08. The van der Waals surface area contributed by atoms with Gasteiger partial charge in [-0.1, -0.05) is 0 Å². The molecule has 1 aromatic heterocycles. The highest BCUT2D eigenvalue weighted by atomic mass is 19.1. The van der Waals surface area contributed by atoms with Gasteiger partial charge in [-0.25, -0.2) is 18.5 Å². The van der Waals surface area contributed by atoms with Crippen LogP contribution in [0.5, 0.6) is 0 Å². The largest absolute Gasteiger partial charge is 0.329 e. The Bertz CT molecular complexity index is 767. The fourth-order valence-corrected chi connectivity index (χ4v) is 2.43. The smallest absolute Gasteiger partial charge is 0.319 e. The van der Waals surface area contributed by atoms with Gasteiger partial charge in [0.15, 0.2) is 0 Å². The van der Waals surface area contributed by atoms with Gasteiger partial charge in [0.1, 0.15) is 17.2 Å². The number of nitrogens with one attached hydrogen (secondary N) is 1. The molecule has 0 bridgehead atoms. The lowest BCUT2D eigenvalue weighted by atomic mass is 9.91. The van der Waals surface area contributed by atoms with Crippen LogP contribution in [0, 0.1) is 11.6 Å². The normalized spacial score (nSPS) is 21.1. The predicted octanol–water partition coefficient (Wildman–Crippen LogP) is 2.33. The van der Waals surface area contributed by atoms with Crippen LogP contribution in [0.2, 0.25) is 0 Å². The van der Waals surface area contributed by atoms with Gasteiger partial charge in [-0.05, 0) is 37.3 Å². The number of carbonyl (C=O) groups excluding carboxylic acids is 2. The number of urea groups is 1. The quantitative estimate of drug-likeness (QED) is 0.866. The van der Waals surface area contributed by atoms with Gasteiger partial charge in [-0.3, -0.25) is 9.78 Å². The van der Waals surface area contributed by atoms with E-state index in [-0.39, 0.29) is 5.56 Å². The molecule has 1 atom stereocenters. The first-order valence-electron chi connectivity index (χ1n) is 6.46. The van der Waals surface area contributed by atoms with Gasteiger partial charge in [-0.2, -0.15) is 0 Å². The molecule has 1 unspecified atom stereocenters. The number of pyridine rings is 1. The van der Waals surface area contributed by atoms with Crippen LogP contribution in [0.15, 0.2) is 42.7 Å². The maximum absolute atomic E-state index is 14.0. The first kappa shape index (κ1) is 14.1. The lowest BCUT2D eigenvalue weighted by molar-refractivity contribution is -0.121. The van der Waals surface area contributed by atoms with Crippen molar-refractivity contribution in [3.63, 3.8) is 0 Å². The molecule has 7 heteroatoms. The molecule has 1 fully saturated rings. The van der Waals surface area contributed by atoms with E-state index in [0.717, 1.165) is 23.1 Å². The van der Waals surface area contributed by atoms with Crippen LogP contribution in [0.1, 0.15) is 12.5 Å². The van der Waals surface area contributed by atoms with Crippen molar-refractivity contribution < 1.29 is 18.4 Å². The molecule has 3 amide bonds. The minimum absolute atomic E-state index is 0.220. The molecule has 2 aromatic rings. The zero-order valence-corrected chi connectivity index (χ0v) is 11.5. The standard InChI is InChI=1S/C15H11F2N3O2/c1-15(11-8-9(16)2-3-12(11)17)13(21)20(14(22)19-15)10-4-6-18-7-5-10/h2-8H,1H3,(H,19,22). The number of hydrogen-bond acceptors (Lipinski definition) is 3. The number of carbonyl (C=O) groups is 2. The Morgan fingerprint density at radius 2 is 1.82 bits per heavy atom. The van der Waals surface area contributed by atoms with E-state index in [9.17, 15) is 18.4 Å². The molecule has 1 N–H and O–H groups in total. The summed E-state index contributed by atoms with van der Waals surface area (Å²) in [5, 5.41) is 2.42. The fraction of sp³-hybridized carbons (Fsp3) is 0.133. The Hall–Kier alpha value is -2.83. The number of rotatable bonds is 2. The SMILES string of the molecule is CC1(c2cc(F)ccc2F)NC(=O)N(c2ccncc2)C1=O. The van der Waals surface area contributed by atoms with E-state index in [0.29, 0.717) is 5.69 Å². The molecule has 22 heavy (non-hydrogen) atoms. The summed E-state index contributed by atoms with van der Waals surface area (Å²) in [4.78, 5) is 29.5. The molecule has 1 aliphatic rings. The van der Waals surface area contributed by atoms with E-state index < -0.39 is 29.1 Å². The van der Waals surface area contributed by atoms with Gasteiger partial charge in [0.25, 0.3) is 5.91 Å². The van der Waals surface area contributed by atoms with Crippen molar-refractivity contribution in [1.29, 1.82) is 0 Å². The van der Waals surface area contributed by atoms with Gasteiger partial charge in [0.05, 0.1) is 5.69 Å². The molecule has 112 valence electrons. The van der Waals surface area contributed by atoms with E-state index in [1.165, 1.54) is 31.5 Å². The van der Waals surface area contributed by atoms with E-state index in [1.54, 1.807) is 0 Å². The van der Waals surface area contributed by atoms with E-state index in [1.807, 2.05) is 0 Å². The number of aromatic nitrogens is 1. The average molecular weight is 303 g/mol. The topological polar surface area (TPSA) is 62.3 Å². The Labute approximate surface area is 124 Å². The Morgan fingerprint density at radius 1 is 1.14 bits per heavy atom. The second kappa shape index (κ2) is 4.87. The number of hydrogen-bond donors (Lipinski definition) is 1. The lowest BCUT2D eigenvalue weighted by Gasteiger charge is -2.22. The summed E-state index contributed by atoms with van der Waals surface area (Å²) in [6.07, 6.45) is 2.85. The van der Waals surface area contributed by atoms with Crippen LogP contribution < -0.4 is 10.2 Å². The van der Waals surface area contributed by atoms with Gasteiger partial charge in [0, 0.05) is 18.0 Å². The first-order valence-corrected chi connectivity index (χ1v) is 6.46. The second-order valence-corrected chi connectivity index (χ2v) is 5.03. The highest BCUT2D eigenvalue weighted by molar-refractivity contribution is 6.23. The van der Waals surface area contributed by atoms with Crippen molar-refractivity contribution in [3.05, 3.63) is 59.9 Å². The van der Waals surface area contributed by atoms with Crippen molar-refractivity contribution in [2.75, 3.05) is 4.90 Å². The summed E-state index contributed by atoms with van der Waals surface area (Å²) in [6.45, 7) is 1.34. The van der Waals surface area contributed by atoms with E-state index in [4.69, 9.17) is 0 Å². The molecule has 0 radical (unpaired) electrons. The van der Waals surface area contributed by atoms with Crippen LogP contribution in [0.25, 0.3) is 0 Å². The maximum Gasteiger partial charge on any atom is 0.329 e. The zero-order valence-electron chi connectivity index (χ0n) is 11.5. The molecule has 1 aromatic carbocycles. The number of imide groups is 1. The number of amides is 3. The zero-order chi connectivity index (χ0) is 15.9. The minimum Gasteiger partial charge on any atom is -0.319 e. The highest BCUT2D eigenvalue weighted by Crippen LogP contribution is 2.33. The molecule has 0 spiro atoms. The molecule has 3 rings (SSSR count). The van der Waals surface area contributed by atoms with Crippen LogP contribution >= 0.6 is 0 Å². The molecular weight excluding hydrogens is 292 g/mol. The third-order valence-corrected chi connectivity index (χ3v) is 3.58. The second-order valence-electron chi connectivity index (χ2n) is 5.03. The lowest BCUT2D eigenvalue weighted by Crippen LogP contribution is -2.41. The third-order valence-electron chi connectivity index (χ3n) is 3.58. The Morgan fingerprint density at radius 3 is 2.50 bits per heavy atom. The Kier molecular flexibility index (Phi) is 3.13. The summed E-state index contributed by atoms with van der Waals surface area (Å²) in [6, 6.07) is 5.02. The van der Waals surface area contributed by atoms with Gasteiger partial charge < -0.3 is 5.32 Å². The van der Waals surface area contributed by atoms with Crippen LogP contribution in [0.3, 0.4) is 0 Å². The molecule has 1 saturated heterocycles. The molecule has 5 nitrogen and oxygen atoms in total. The molecule has 0 aliphatic carbocycles. The molecule has 1 aliphatic heterocycles. The first-order chi connectivity index (χ1) is 10.4. The number of halogens is 2. The number of anilines is 1. The molecular formula is C15H11F2N3O2. The number of nitrogens with zero attached hydrogens (tertiary/aromatic N) is 2.